The van der Waals surface area contributed by atoms with Crippen LogP contribution >= 0.6 is 0 Å². The van der Waals surface area contributed by atoms with E-state index in [4.69, 9.17) is 9.47 Å². The molecule has 0 aliphatic carbocycles. The first kappa shape index (κ1) is 19.9. The van der Waals surface area contributed by atoms with Gasteiger partial charge in [-0.25, -0.2) is 4.98 Å². The van der Waals surface area contributed by atoms with Crippen molar-refractivity contribution in [1.82, 2.24) is 9.88 Å². The molecule has 0 spiro atoms. The summed E-state index contributed by atoms with van der Waals surface area (Å²) in [6, 6.07) is 14.9. The largest absolute Gasteiger partial charge is 0.458 e. The van der Waals surface area contributed by atoms with E-state index >= 15 is 0 Å². The summed E-state index contributed by atoms with van der Waals surface area (Å²) in [5, 5.41) is 0. The van der Waals surface area contributed by atoms with E-state index in [1.165, 1.54) is 0 Å². The van der Waals surface area contributed by atoms with Crippen molar-refractivity contribution < 1.29 is 14.3 Å². The number of carbonyl (C=O) groups excluding carboxylic acids is 1. The number of ether oxygens (including phenoxy) is 2. The van der Waals surface area contributed by atoms with Gasteiger partial charge in [0.25, 0.3) is 0 Å². The molecule has 5 heteroatoms. The summed E-state index contributed by atoms with van der Waals surface area (Å²) in [7, 11) is 1.95. The first-order valence-corrected chi connectivity index (χ1v) is 8.96. The summed E-state index contributed by atoms with van der Waals surface area (Å²) in [6.07, 6.45) is 0. The number of carbonyl (C=O) groups is 1. The fraction of sp³-hybridized carbons (Fsp3) is 0.429. The monoisotopic (exact) mass is 356 g/mol. The first-order chi connectivity index (χ1) is 12.4. The molecule has 2 aromatic rings. The summed E-state index contributed by atoms with van der Waals surface area (Å²) < 4.78 is 11.3. The number of para-hydroxylation sites is 1. The van der Waals surface area contributed by atoms with Crippen LogP contribution in [-0.2, 0) is 16.1 Å². The number of hydrogen-bond acceptors (Lipinski definition) is 5. The molecule has 0 radical (unpaired) electrons. The van der Waals surface area contributed by atoms with Gasteiger partial charge in [0.2, 0.25) is 5.88 Å². The SMILES string of the molecule is CC(C)C(C(=O)OCc1cccc(Oc2ccccc2)n1)N(C)C(C)C. The van der Waals surface area contributed by atoms with Gasteiger partial charge in [0.1, 0.15) is 18.4 Å². The summed E-state index contributed by atoms with van der Waals surface area (Å²) in [5.41, 5.74) is 0.654. The molecule has 1 aromatic heterocycles. The van der Waals surface area contributed by atoms with E-state index in [9.17, 15) is 4.79 Å². The van der Waals surface area contributed by atoms with Gasteiger partial charge in [0.05, 0.1) is 5.69 Å². The summed E-state index contributed by atoms with van der Waals surface area (Å²) >= 11 is 0. The fourth-order valence-electron chi connectivity index (χ4n) is 2.66. The molecule has 0 aliphatic heterocycles. The Bertz CT molecular complexity index is 701. The van der Waals surface area contributed by atoms with Crippen molar-refractivity contribution in [3.63, 3.8) is 0 Å². The number of likely N-dealkylation sites (N-methyl/N-ethyl adjacent to an activating group) is 1. The van der Waals surface area contributed by atoms with Gasteiger partial charge in [-0.1, -0.05) is 38.1 Å². The minimum Gasteiger partial charge on any atom is -0.458 e. The third kappa shape index (κ3) is 5.56. The van der Waals surface area contributed by atoms with E-state index in [0.717, 1.165) is 0 Å². The zero-order valence-corrected chi connectivity index (χ0v) is 16.2. The van der Waals surface area contributed by atoms with E-state index < -0.39 is 0 Å². The highest BCUT2D eigenvalue weighted by atomic mass is 16.5. The van der Waals surface area contributed by atoms with Crippen molar-refractivity contribution in [3.05, 3.63) is 54.2 Å². The maximum absolute atomic E-state index is 12.6. The number of hydrogen-bond donors (Lipinski definition) is 0. The lowest BCUT2D eigenvalue weighted by atomic mass is 10.0. The van der Waals surface area contributed by atoms with Gasteiger partial charge in [-0.2, -0.15) is 0 Å². The molecule has 1 heterocycles. The normalized spacial score (nSPS) is 12.5. The molecule has 1 unspecified atom stereocenters. The quantitative estimate of drug-likeness (QED) is 0.661. The van der Waals surface area contributed by atoms with Crippen LogP contribution in [0.1, 0.15) is 33.4 Å². The highest BCUT2D eigenvalue weighted by Crippen LogP contribution is 2.19. The summed E-state index contributed by atoms with van der Waals surface area (Å²) in [4.78, 5) is 19.0. The van der Waals surface area contributed by atoms with Gasteiger partial charge >= 0.3 is 5.97 Å². The Morgan fingerprint density at radius 1 is 1.04 bits per heavy atom. The van der Waals surface area contributed by atoms with Crippen molar-refractivity contribution >= 4 is 5.97 Å². The Hall–Kier alpha value is -2.40. The maximum Gasteiger partial charge on any atom is 0.324 e. The fourth-order valence-corrected chi connectivity index (χ4v) is 2.66. The Balaban J connectivity index is 2.00. The lowest BCUT2D eigenvalue weighted by Gasteiger charge is -2.32. The molecular formula is C21H28N2O3. The third-order valence-electron chi connectivity index (χ3n) is 4.24. The van der Waals surface area contributed by atoms with Crippen LogP contribution in [0.4, 0.5) is 0 Å². The lowest BCUT2D eigenvalue weighted by molar-refractivity contribution is -0.153. The Labute approximate surface area is 156 Å². The average Bonchev–Trinajstić information content (AvgIpc) is 2.61. The minimum absolute atomic E-state index is 0.125. The van der Waals surface area contributed by atoms with Crippen molar-refractivity contribution in [3.8, 4) is 11.6 Å². The first-order valence-electron chi connectivity index (χ1n) is 8.96. The minimum atomic E-state index is -0.279. The summed E-state index contributed by atoms with van der Waals surface area (Å²) in [6.45, 7) is 8.30. The van der Waals surface area contributed by atoms with Crippen LogP contribution in [0.25, 0.3) is 0 Å². The molecule has 2 rings (SSSR count). The molecule has 0 N–H and O–H groups in total. The highest BCUT2D eigenvalue weighted by molar-refractivity contribution is 5.76. The van der Waals surface area contributed by atoms with Gasteiger partial charge in [0.15, 0.2) is 0 Å². The van der Waals surface area contributed by atoms with Crippen LogP contribution in [-0.4, -0.2) is 35.0 Å². The molecule has 1 atom stereocenters. The molecule has 0 aliphatic rings. The molecule has 140 valence electrons. The van der Waals surface area contributed by atoms with Gasteiger partial charge < -0.3 is 9.47 Å². The van der Waals surface area contributed by atoms with Gasteiger partial charge in [0, 0.05) is 12.1 Å². The maximum atomic E-state index is 12.6. The summed E-state index contributed by atoms with van der Waals surface area (Å²) in [5.74, 6) is 1.13. The molecule has 0 amide bonds. The van der Waals surface area contributed by atoms with E-state index in [1.54, 1.807) is 6.07 Å². The Morgan fingerprint density at radius 3 is 2.35 bits per heavy atom. The Kier molecular flexibility index (Phi) is 7.16. The number of benzene rings is 1. The number of rotatable bonds is 8. The molecule has 0 saturated heterocycles. The second kappa shape index (κ2) is 9.34. The van der Waals surface area contributed by atoms with Crippen LogP contribution < -0.4 is 4.74 Å². The average molecular weight is 356 g/mol. The van der Waals surface area contributed by atoms with Gasteiger partial charge in [-0.05, 0) is 45.0 Å². The van der Waals surface area contributed by atoms with Gasteiger partial charge in [-0.15, -0.1) is 0 Å². The molecule has 0 saturated carbocycles. The standard InChI is InChI=1S/C21H28N2O3/c1-15(2)20(23(5)16(3)4)21(24)25-14-17-10-9-13-19(22-17)26-18-11-7-6-8-12-18/h6-13,15-16,20H,14H2,1-5H3. The van der Waals surface area contributed by atoms with Crippen LogP contribution in [0, 0.1) is 5.92 Å². The van der Waals surface area contributed by atoms with Crippen LogP contribution in [0.3, 0.4) is 0 Å². The lowest BCUT2D eigenvalue weighted by Crippen LogP contribution is -2.46. The zero-order valence-electron chi connectivity index (χ0n) is 16.2. The van der Waals surface area contributed by atoms with Crippen molar-refractivity contribution in [2.45, 2.75) is 46.4 Å². The van der Waals surface area contributed by atoms with E-state index in [-0.39, 0.29) is 30.6 Å². The predicted molar refractivity (Wildman–Crippen MR) is 102 cm³/mol. The second-order valence-corrected chi connectivity index (χ2v) is 6.94. The molecule has 0 fully saturated rings. The molecular weight excluding hydrogens is 328 g/mol. The second-order valence-electron chi connectivity index (χ2n) is 6.94. The van der Waals surface area contributed by atoms with Crippen molar-refractivity contribution in [2.24, 2.45) is 5.92 Å². The van der Waals surface area contributed by atoms with Gasteiger partial charge in [-0.3, -0.25) is 9.69 Å². The Morgan fingerprint density at radius 2 is 1.73 bits per heavy atom. The zero-order chi connectivity index (χ0) is 19.1. The van der Waals surface area contributed by atoms with E-state index in [0.29, 0.717) is 17.3 Å². The number of aromatic nitrogens is 1. The number of pyridine rings is 1. The van der Waals surface area contributed by atoms with Crippen molar-refractivity contribution in [1.29, 1.82) is 0 Å². The number of esters is 1. The third-order valence-corrected chi connectivity index (χ3v) is 4.24. The van der Waals surface area contributed by atoms with Crippen molar-refractivity contribution in [2.75, 3.05) is 7.05 Å². The predicted octanol–water partition coefficient (Wildman–Crippen LogP) is 4.28. The molecule has 0 bridgehead atoms. The highest BCUT2D eigenvalue weighted by Gasteiger charge is 2.29. The van der Waals surface area contributed by atoms with Crippen LogP contribution in [0.2, 0.25) is 0 Å². The molecule has 1 aromatic carbocycles. The molecule has 5 nitrogen and oxygen atoms in total. The van der Waals surface area contributed by atoms with Crippen LogP contribution in [0.15, 0.2) is 48.5 Å². The smallest absolute Gasteiger partial charge is 0.324 e. The van der Waals surface area contributed by atoms with E-state index in [2.05, 4.69) is 18.8 Å². The number of nitrogens with zero attached hydrogens (tertiary/aromatic N) is 2. The van der Waals surface area contributed by atoms with E-state index in [1.807, 2.05) is 68.3 Å². The molecule has 26 heavy (non-hydrogen) atoms. The topological polar surface area (TPSA) is 51.7 Å². The van der Waals surface area contributed by atoms with Crippen LogP contribution in [0.5, 0.6) is 11.6 Å².